The topological polar surface area (TPSA) is 67.4 Å². The van der Waals surface area contributed by atoms with E-state index in [0.29, 0.717) is 12.4 Å². The Morgan fingerprint density at radius 2 is 2.12 bits per heavy atom. The number of aryl methyl sites for hydroxylation is 1. The van der Waals surface area contributed by atoms with Crippen molar-refractivity contribution in [3.05, 3.63) is 52.9 Å². The summed E-state index contributed by atoms with van der Waals surface area (Å²) >= 11 is 5.93. The molecule has 26 heavy (non-hydrogen) atoms. The number of halogens is 1. The van der Waals surface area contributed by atoms with Gasteiger partial charge in [-0.2, -0.15) is 0 Å². The first kappa shape index (κ1) is 18.5. The van der Waals surface area contributed by atoms with E-state index in [2.05, 4.69) is 15.3 Å². The monoisotopic (exact) mass is 374 g/mol. The van der Waals surface area contributed by atoms with Gasteiger partial charge in [0.05, 0.1) is 0 Å². The first-order valence-corrected chi connectivity index (χ1v) is 9.11. The number of likely N-dealkylation sites (tertiary alicyclic amines) is 1. The molecule has 0 spiro atoms. The van der Waals surface area contributed by atoms with Crippen molar-refractivity contribution in [1.82, 2.24) is 14.9 Å². The van der Waals surface area contributed by atoms with Crippen LogP contribution in [0.2, 0.25) is 5.28 Å². The van der Waals surface area contributed by atoms with Crippen molar-refractivity contribution in [2.45, 2.75) is 45.4 Å². The second kappa shape index (κ2) is 7.91. The van der Waals surface area contributed by atoms with Crippen LogP contribution >= 0.6 is 11.6 Å². The van der Waals surface area contributed by atoms with Crippen LogP contribution in [-0.4, -0.2) is 33.2 Å². The van der Waals surface area contributed by atoms with Crippen molar-refractivity contribution in [3.63, 3.8) is 0 Å². The maximum Gasteiger partial charge on any atom is 0.411 e. The zero-order valence-electron chi connectivity index (χ0n) is 15.0. The van der Waals surface area contributed by atoms with Crippen LogP contribution in [0.15, 0.2) is 36.5 Å². The number of benzene rings is 1. The lowest BCUT2D eigenvalue weighted by Gasteiger charge is -2.44. The summed E-state index contributed by atoms with van der Waals surface area (Å²) in [6.07, 6.45) is 4.10. The van der Waals surface area contributed by atoms with Crippen LogP contribution in [-0.2, 0) is 11.3 Å². The van der Waals surface area contributed by atoms with Crippen LogP contribution in [0.25, 0.3) is 0 Å². The summed E-state index contributed by atoms with van der Waals surface area (Å²) in [6, 6.07) is 9.67. The molecule has 3 rings (SSSR count). The molecule has 0 aliphatic carbocycles. The van der Waals surface area contributed by atoms with Crippen molar-refractivity contribution < 1.29 is 9.53 Å². The second-order valence-electron chi connectivity index (χ2n) is 6.72. The fourth-order valence-corrected chi connectivity index (χ4v) is 3.28. The molecule has 1 fully saturated rings. The van der Waals surface area contributed by atoms with E-state index in [1.54, 1.807) is 11.1 Å². The third-order valence-corrected chi connectivity index (χ3v) is 4.83. The maximum absolute atomic E-state index is 12.7. The summed E-state index contributed by atoms with van der Waals surface area (Å²) in [5.74, 6) is 0.634. The van der Waals surface area contributed by atoms with Crippen molar-refractivity contribution in [1.29, 1.82) is 0 Å². The van der Waals surface area contributed by atoms with Crippen LogP contribution in [0.4, 0.5) is 10.6 Å². The highest BCUT2D eigenvalue weighted by Crippen LogP contribution is 2.31. The standard InChI is InChI=1S/C19H23ClN4O2/c1-14-12-21-17(20)22-16(14)23-19(2)10-6-7-11-24(19)18(25)26-13-15-8-4-3-5-9-15/h3-5,8-9,12H,6-7,10-11,13H2,1-2H3,(H,21,22,23). The van der Waals surface area contributed by atoms with Gasteiger partial charge >= 0.3 is 6.09 Å². The second-order valence-corrected chi connectivity index (χ2v) is 7.06. The Hall–Kier alpha value is -2.34. The number of aromatic nitrogens is 2. The molecule has 2 heterocycles. The third kappa shape index (κ3) is 4.25. The van der Waals surface area contributed by atoms with E-state index >= 15 is 0 Å². The van der Waals surface area contributed by atoms with Gasteiger partial charge in [0, 0.05) is 18.3 Å². The Labute approximate surface area is 158 Å². The Balaban J connectivity index is 1.73. The molecule has 6 nitrogen and oxygen atoms in total. The zero-order valence-corrected chi connectivity index (χ0v) is 15.8. The SMILES string of the molecule is Cc1cnc(Cl)nc1NC1(C)CCCCN1C(=O)OCc1ccccc1. The van der Waals surface area contributed by atoms with Crippen molar-refractivity contribution in [2.75, 3.05) is 11.9 Å². The molecule has 1 aromatic carbocycles. The molecule has 0 radical (unpaired) electrons. The van der Waals surface area contributed by atoms with Gasteiger partial charge in [-0.15, -0.1) is 0 Å². The summed E-state index contributed by atoms with van der Waals surface area (Å²) in [5.41, 5.74) is 1.25. The number of carbonyl (C=O) groups excluding carboxylic acids is 1. The highest BCUT2D eigenvalue weighted by Gasteiger charge is 2.39. The molecule has 1 aliphatic heterocycles. The van der Waals surface area contributed by atoms with Gasteiger partial charge in [0.25, 0.3) is 0 Å². The van der Waals surface area contributed by atoms with Crippen LogP contribution in [0, 0.1) is 6.92 Å². The summed E-state index contributed by atoms with van der Waals surface area (Å²) in [7, 11) is 0. The molecule has 138 valence electrons. The molecule has 1 amide bonds. The average Bonchev–Trinajstić information content (AvgIpc) is 2.64. The molecule has 1 saturated heterocycles. The Morgan fingerprint density at radius 3 is 2.88 bits per heavy atom. The van der Waals surface area contributed by atoms with Crippen molar-refractivity contribution >= 4 is 23.5 Å². The van der Waals surface area contributed by atoms with Crippen molar-refractivity contribution in [2.24, 2.45) is 0 Å². The fourth-order valence-electron chi connectivity index (χ4n) is 3.14. The fraction of sp³-hybridized carbons (Fsp3) is 0.421. The lowest BCUT2D eigenvalue weighted by molar-refractivity contribution is 0.0428. The van der Waals surface area contributed by atoms with E-state index in [-0.39, 0.29) is 18.0 Å². The minimum Gasteiger partial charge on any atom is -0.444 e. The molecule has 1 atom stereocenters. The summed E-state index contributed by atoms with van der Waals surface area (Å²) in [4.78, 5) is 22.7. The molecular weight excluding hydrogens is 352 g/mol. The highest BCUT2D eigenvalue weighted by atomic mass is 35.5. The van der Waals surface area contributed by atoms with Crippen LogP contribution < -0.4 is 5.32 Å². The van der Waals surface area contributed by atoms with E-state index in [1.165, 1.54) is 0 Å². The Kier molecular flexibility index (Phi) is 5.61. The molecule has 0 bridgehead atoms. The van der Waals surface area contributed by atoms with Gasteiger partial charge in [-0.05, 0) is 50.3 Å². The number of carbonyl (C=O) groups is 1. The van der Waals surface area contributed by atoms with Crippen LogP contribution in [0.5, 0.6) is 0 Å². The predicted molar refractivity (Wildman–Crippen MR) is 101 cm³/mol. The van der Waals surface area contributed by atoms with Gasteiger partial charge in [0.2, 0.25) is 5.28 Å². The van der Waals surface area contributed by atoms with Gasteiger partial charge in [-0.25, -0.2) is 14.8 Å². The summed E-state index contributed by atoms with van der Waals surface area (Å²) in [5, 5.41) is 3.56. The Morgan fingerprint density at radius 1 is 1.35 bits per heavy atom. The summed E-state index contributed by atoms with van der Waals surface area (Å²) < 4.78 is 5.54. The molecule has 2 aromatic rings. The number of ether oxygens (including phenoxy) is 1. The number of nitrogens with one attached hydrogen (secondary N) is 1. The average molecular weight is 375 g/mol. The molecular formula is C19H23ClN4O2. The normalized spacial score (nSPS) is 19.9. The largest absolute Gasteiger partial charge is 0.444 e. The first-order chi connectivity index (χ1) is 12.5. The first-order valence-electron chi connectivity index (χ1n) is 8.73. The number of amides is 1. The number of anilines is 1. The van der Waals surface area contributed by atoms with E-state index in [1.807, 2.05) is 44.2 Å². The molecule has 1 aromatic heterocycles. The number of hydrogen-bond donors (Lipinski definition) is 1. The minimum absolute atomic E-state index is 0.177. The zero-order chi connectivity index (χ0) is 18.6. The van der Waals surface area contributed by atoms with Gasteiger partial charge in [-0.1, -0.05) is 30.3 Å². The van der Waals surface area contributed by atoms with E-state index in [9.17, 15) is 4.79 Å². The van der Waals surface area contributed by atoms with Crippen molar-refractivity contribution in [3.8, 4) is 0 Å². The maximum atomic E-state index is 12.7. The highest BCUT2D eigenvalue weighted by molar-refractivity contribution is 6.28. The van der Waals surface area contributed by atoms with Gasteiger partial charge in [-0.3, -0.25) is 4.90 Å². The number of hydrogen-bond acceptors (Lipinski definition) is 5. The Bertz CT molecular complexity index is 771. The molecule has 0 saturated carbocycles. The lowest BCUT2D eigenvalue weighted by atomic mass is 9.97. The summed E-state index contributed by atoms with van der Waals surface area (Å²) in [6.45, 7) is 4.79. The third-order valence-electron chi connectivity index (χ3n) is 4.65. The van der Waals surface area contributed by atoms with Gasteiger partial charge in [0.15, 0.2) is 0 Å². The molecule has 1 aliphatic rings. The molecule has 1 N–H and O–H groups in total. The quantitative estimate of drug-likeness (QED) is 0.804. The predicted octanol–water partition coefficient (Wildman–Crippen LogP) is 4.39. The van der Waals surface area contributed by atoms with E-state index in [0.717, 1.165) is 30.4 Å². The van der Waals surface area contributed by atoms with Crippen LogP contribution in [0.3, 0.4) is 0 Å². The lowest BCUT2D eigenvalue weighted by Crippen LogP contribution is -2.57. The number of rotatable bonds is 4. The molecule has 1 unspecified atom stereocenters. The number of nitrogens with zero attached hydrogens (tertiary/aromatic N) is 3. The van der Waals surface area contributed by atoms with Gasteiger partial charge < -0.3 is 10.1 Å². The smallest absolute Gasteiger partial charge is 0.411 e. The molecule has 7 heteroatoms. The van der Waals surface area contributed by atoms with E-state index in [4.69, 9.17) is 16.3 Å². The minimum atomic E-state index is -0.589. The van der Waals surface area contributed by atoms with Gasteiger partial charge in [0.1, 0.15) is 18.1 Å². The number of piperidine rings is 1. The van der Waals surface area contributed by atoms with Crippen LogP contribution in [0.1, 0.15) is 37.3 Å². The van der Waals surface area contributed by atoms with E-state index < -0.39 is 5.66 Å².